The molecule has 1 aliphatic rings. The number of fused-ring (bicyclic) bond motifs is 1. The molecule has 0 N–H and O–H groups in total. The van der Waals surface area contributed by atoms with Crippen molar-refractivity contribution in [2.45, 2.75) is 17.9 Å². The number of ether oxygens (including phenoxy) is 1. The highest BCUT2D eigenvalue weighted by molar-refractivity contribution is 9.10. The standard InChI is InChI=1S/C27H21BrN2O4S2/c1-3-33-26(32)22-23(16-7-5-4-6-8-16)29-27-30(24(22)17-9-12-19(35-2)13-10-17)25(31)20(36-27)15-18-11-14-21(28)34-18/h4-15,24H,3H2,1-2H3/b20-15-/t24-/m1/s1. The van der Waals surface area contributed by atoms with Crippen LogP contribution in [0.25, 0.3) is 11.8 Å². The molecule has 6 nitrogen and oxygen atoms in total. The zero-order valence-electron chi connectivity index (χ0n) is 19.4. The first-order chi connectivity index (χ1) is 17.5. The van der Waals surface area contributed by atoms with Crippen molar-refractivity contribution in [3.63, 3.8) is 0 Å². The number of nitrogens with zero attached hydrogens (tertiary/aromatic N) is 2. The maximum Gasteiger partial charge on any atom is 0.338 e. The molecule has 1 atom stereocenters. The fourth-order valence-corrected chi connectivity index (χ4v) is 5.79. The molecule has 0 saturated carbocycles. The van der Waals surface area contributed by atoms with Crippen LogP contribution in [-0.2, 0) is 9.53 Å². The fourth-order valence-electron chi connectivity index (χ4n) is 4.08. The Kier molecular flexibility index (Phi) is 7.13. The highest BCUT2D eigenvalue weighted by atomic mass is 79.9. The maximum atomic E-state index is 13.8. The van der Waals surface area contributed by atoms with Gasteiger partial charge < -0.3 is 9.15 Å². The second-order valence-electron chi connectivity index (χ2n) is 7.85. The highest BCUT2D eigenvalue weighted by Crippen LogP contribution is 2.35. The minimum Gasteiger partial charge on any atom is -0.463 e. The summed E-state index contributed by atoms with van der Waals surface area (Å²) in [5.74, 6) is 0.0456. The highest BCUT2D eigenvalue weighted by Gasteiger charge is 2.35. The van der Waals surface area contributed by atoms with E-state index in [2.05, 4.69) is 15.9 Å². The molecular weight excluding hydrogens is 560 g/mol. The van der Waals surface area contributed by atoms with E-state index in [1.54, 1.807) is 41.5 Å². The van der Waals surface area contributed by atoms with E-state index in [0.717, 1.165) is 16.0 Å². The van der Waals surface area contributed by atoms with Crippen molar-refractivity contribution >= 4 is 56.8 Å². The van der Waals surface area contributed by atoms with Crippen LogP contribution in [0.2, 0.25) is 0 Å². The summed E-state index contributed by atoms with van der Waals surface area (Å²) in [7, 11) is 0. The van der Waals surface area contributed by atoms with Crippen LogP contribution in [0.5, 0.6) is 0 Å². The Morgan fingerprint density at radius 3 is 2.56 bits per heavy atom. The predicted molar refractivity (Wildman–Crippen MR) is 146 cm³/mol. The third-order valence-electron chi connectivity index (χ3n) is 5.67. The molecule has 2 aromatic heterocycles. The number of rotatable bonds is 6. The van der Waals surface area contributed by atoms with E-state index in [1.165, 1.54) is 11.3 Å². The van der Waals surface area contributed by atoms with Crippen LogP contribution in [0.15, 0.2) is 96.1 Å². The van der Waals surface area contributed by atoms with Gasteiger partial charge in [0.15, 0.2) is 9.47 Å². The SMILES string of the molecule is CCOC(=O)C1=C(c2ccccc2)N=c2s/c(=C\c3ccc(Br)o3)c(=O)n2[C@@H]1c1ccc(SC)cc1. The van der Waals surface area contributed by atoms with Crippen LogP contribution in [0.4, 0.5) is 0 Å². The molecule has 3 heterocycles. The van der Waals surface area contributed by atoms with E-state index in [0.29, 0.717) is 31.0 Å². The van der Waals surface area contributed by atoms with Crippen LogP contribution in [0.3, 0.4) is 0 Å². The predicted octanol–water partition coefficient (Wildman–Crippen LogP) is 5.01. The van der Waals surface area contributed by atoms with Gasteiger partial charge in [-0.3, -0.25) is 9.36 Å². The van der Waals surface area contributed by atoms with Crippen LogP contribution in [-0.4, -0.2) is 23.4 Å². The summed E-state index contributed by atoms with van der Waals surface area (Å²) < 4.78 is 13.7. The first-order valence-corrected chi connectivity index (χ1v) is 14.0. The largest absolute Gasteiger partial charge is 0.463 e. The van der Waals surface area contributed by atoms with E-state index in [4.69, 9.17) is 14.1 Å². The lowest BCUT2D eigenvalue weighted by Crippen LogP contribution is -2.40. The van der Waals surface area contributed by atoms with E-state index in [9.17, 15) is 9.59 Å². The van der Waals surface area contributed by atoms with Gasteiger partial charge in [-0.05, 0) is 58.9 Å². The van der Waals surface area contributed by atoms with Crippen molar-refractivity contribution in [1.82, 2.24) is 4.57 Å². The Morgan fingerprint density at radius 2 is 1.92 bits per heavy atom. The van der Waals surface area contributed by atoms with Crippen LogP contribution in [0.1, 0.15) is 29.9 Å². The monoisotopic (exact) mass is 580 g/mol. The van der Waals surface area contributed by atoms with Crippen LogP contribution < -0.4 is 14.9 Å². The molecule has 4 aromatic rings. The number of hydrogen-bond donors (Lipinski definition) is 0. The Morgan fingerprint density at radius 1 is 1.17 bits per heavy atom. The molecular formula is C27H21BrN2O4S2. The number of halogens is 1. The molecule has 0 unspecified atom stereocenters. The van der Waals surface area contributed by atoms with Gasteiger partial charge in [-0.1, -0.05) is 53.8 Å². The van der Waals surface area contributed by atoms with Gasteiger partial charge in [0.2, 0.25) is 0 Å². The number of thiazole rings is 1. The Labute approximate surface area is 223 Å². The summed E-state index contributed by atoms with van der Waals surface area (Å²) in [4.78, 5) is 33.6. The lowest BCUT2D eigenvalue weighted by Gasteiger charge is -2.26. The van der Waals surface area contributed by atoms with Crippen molar-refractivity contribution in [2.24, 2.45) is 4.99 Å². The second-order valence-corrected chi connectivity index (χ2v) is 10.5. The van der Waals surface area contributed by atoms with E-state index in [-0.39, 0.29) is 12.2 Å². The second kappa shape index (κ2) is 10.5. The van der Waals surface area contributed by atoms with Crippen molar-refractivity contribution in [1.29, 1.82) is 0 Å². The summed E-state index contributed by atoms with van der Waals surface area (Å²) in [6.07, 6.45) is 3.70. The number of benzene rings is 2. The van der Waals surface area contributed by atoms with Gasteiger partial charge in [-0.15, -0.1) is 11.8 Å². The third kappa shape index (κ3) is 4.66. The zero-order chi connectivity index (χ0) is 25.2. The Bertz CT molecular complexity index is 1630. The van der Waals surface area contributed by atoms with Gasteiger partial charge >= 0.3 is 5.97 Å². The molecule has 2 aromatic carbocycles. The van der Waals surface area contributed by atoms with Crippen molar-refractivity contribution in [3.8, 4) is 0 Å². The number of esters is 1. The molecule has 0 aliphatic carbocycles. The summed E-state index contributed by atoms with van der Waals surface area (Å²) in [5, 5.41) is 0. The lowest BCUT2D eigenvalue weighted by molar-refractivity contribution is -0.138. The molecule has 9 heteroatoms. The normalized spacial score (nSPS) is 15.5. The van der Waals surface area contributed by atoms with Crippen molar-refractivity contribution < 1.29 is 13.9 Å². The molecule has 1 aliphatic heterocycles. The Hall–Kier alpha value is -3.14. The third-order valence-corrected chi connectivity index (χ3v) is 7.83. The quantitative estimate of drug-likeness (QED) is 0.237. The fraction of sp³-hybridized carbons (Fsp3) is 0.148. The molecule has 0 radical (unpaired) electrons. The van der Waals surface area contributed by atoms with Gasteiger partial charge in [-0.2, -0.15) is 0 Å². The molecule has 0 saturated heterocycles. The van der Waals surface area contributed by atoms with Crippen LogP contribution in [0, 0.1) is 0 Å². The number of furan rings is 1. The van der Waals surface area contributed by atoms with E-state index < -0.39 is 12.0 Å². The van der Waals surface area contributed by atoms with Crippen LogP contribution >= 0.6 is 39.0 Å². The van der Waals surface area contributed by atoms with Gasteiger partial charge in [0.05, 0.1) is 28.5 Å². The molecule has 182 valence electrons. The van der Waals surface area contributed by atoms with Gasteiger partial charge in [0.25, 0.3) is 5.56 Å². The molecule has 5 rings (SSSR count). The number of hydrogen-bond acceptors (Lipinski definition) is 7. The van der Waals surface area contributed by atoms with E-state index in [1.807, 2.05) is 60.9 Å². The smallest absolute Gasteiger partial charge is 0.338 e. The average molecular weight is 582 g/mol. The molecule has 0 amide bonds. The molecule has 36 heavy (non-hydrogen) atoms. The minimum atomic E-state index is -0.697. The summed E-state index contributed by atoms with van der Waals surface area (Å²) in [6.45, 7) is 1.97. The molecule has 0 bridgehead atoms. The summed E-state index contributed by atoms with van der Waals surface area (Å²) in [6, 6.07) is 20.2. The lowest BCUT2D eigenvalue weighted by atomic mass is 9.93. The molecule has 0 fully saturated rings. The Balaban J connectivity index is 1.82. The summed E-state index contributed by atoms with van der Waals surface area (Å²) >= 11 is 6.19. The average Bonchev–Trinajstić information content (AvgIpc) is 3.45. The number of thioether (sulfide) groups is 1. The maximum absolute atomic E-state index is 13.8. The summed E-state index contributed by atoms with van der Waals surface area (Å²) in [5.41, 5.74) is 2.16. The van der Waals surface area contributed by atoms with E-state index >= 15 is 0 Å². The topological polar surface area (TPSA) is 73.8 Å². The van der Waals surface area contributed by atoms with Gasteiger partial charge in [0, 0.05) is 16.5 Å². The number of aromatic nitrogens is 1. The number of carbonyl (C=O) groups is 1. The first-order valence-electron chi connectivity index (χ1n) is 11.2. The number of carbonyl (C=O) groups excluding carboxylic acids is 1. The first kappa shape index (κ1) is 24.5. The van der Waals surface area contributed by atoms with Crippen molar-refractivity contribution in [3.05, 3.63) is 114 Å². The van der Waals surface area contributed by atoms with Gasteiger partial charge in [0.1, 0.15) is 5.76 Å². The van der Waals surface area contributed by atoms with Gasteiger partial charge in [-0.25, -0.2) is 9.79 Å². The zero-order valence-corrected chi connectivity index (χ0v) is 22.7. The molecule has 0 spiro atoms. The minimum absolute atomic E-state index is 0.209. The van der Waals surface area contributed by atoms with Crippen molar-refractivity contribution in [2.75, 3.05) is 12.9 Å².